The van der Waals surface area contributed by atoms with Gasteiger partial charge >= 0.3 is 5.97 Å². The summed E-state index contributed by atoms with van der Waals surface area (Å²) in [7, 11) is 0. The van der Waals surface area contributed by atoms with Crippen LogP contribution < -0.4 is 16.4 Å². The molecule has 0 aromatic rings. The molecule has 0 spiro atoms. The molecule has 0 heterocycles. The third-order valence-electron chi connectivity index (χ3n) is 2.49. The van der Waals surface area contributed by atoms with Gasteiger partial charge in [-0.25, -0.2) is 4.79 Å². The second-order valence-electron chi connectivity index (χ2n) is 4.42. The van der Waals surface area contributed by atoms with E-state index in [4.69, 9.17) is 10.8 Å². The molecule has 5 N–H and O–H groups in total. The van der Waals surface area contributed by atoms with Gasteiger partial charge in [-0.05, 0) is 12.8 Å². The first-order valence-corrected chi connectivity index (χ1v) is 6.38. The Kier molecular flexibility index (Phi) is 8.73. The zero-order chi connectivity index (χ0) is 15.5. The first-order valence-electron chi connectivity index (χ1n) is 6.38. The van der Waals surface area contributed by atoms with Crippen LogP contribution in [0.5, 0.6) is 0 Å². The number of carbonyl (C=O) groups excluding carboxylic acids is 3. The van der Waals surface area contributed by atoms with Crippen molar-refractivity contribution in [2.75, 3.05) is 6.54 Å². The van der Waals surface area contributed by atoms with E-state index in [0.29, 0.717) is 13.0 Å². The Balaban J connectivity index is 3.82. The van der Waals surface area contributed by atoms with Gasteiger partial charge in [0.2, 0.25) is 17.7 Å². The second-order valence-corrected chi connectivity index (χ2v) is 4.42. The molecule has 0 aromatic carbocycles. The summed E-state index contributed by atoms with van der Waals surface area (Å²) in [5, 5.41) is 13.7. The van der Waals surface area contributed by atoms with Crippen LogP contribution in [0.2, 0.25) is 0 Å². The average molecular weight is 287 g/mol. The first-order chi connectivity index (χ1) is 9.32. The van der Waals surface area contributed by atoms with Crippen molar-refractivity contribution in [1.29, 1.82) is 0 Å². The van der Waals surface area contributed by atoms with E-state index in [1.54, 1.807) is 0 Å². The number of aliphatic carboxylic acids is 1. The van der Waals surface area contributed by atoms with Crippen LogP contribution in [0.3, 0.4) is 0 Å². The first kappa shape index (κ1) is 17.9. The highest BCUT2D eigenvalue weighted by Gasteiger charge is 2.21. The van der Waals surface area contributed by atoms with E-state index in [2.05, 4.69) is 10.6 Å². The summed E-state index contributed by atoms with van der Waals surface area (Å²) in [5.74, 6) is -2.60. The molecule has 0 bridgehead atoms. The van der Waals surface area contributed by atoms with Crippen molar-refractivity contribution in [2.24, 2.45) is 5.73 Å². The van der Waals surface area contributed by atoms with Crippen LogP contribution in [-0.4, -0.2) is 41.4 Å². The van der Waals surface area contributed by atoms with Crippen molar-refractivity contribution in [2.45, 2.75) is 45.1 Å². The fourth-order valence-electron chi connectivity index (χ4n) is 1.52. The highest BCUT2D eigenvalue weighted by molar-refractivity contribution is 5.88. The van der Waals surface area contributed by atoms with Gasteiger partial charge in [0.25, 0.3) is 0 Å². The number of hydrogen-bond acceptors (Lipinski definition) is 4. The molecule has 20 heavy (non-hydrogen) atoms. The largest absolute Gasteiger partial charge is 0.480 e. The molecule has 0 radical (unpaired) electrons. The normalized spacial score (nSPS) is 11.4. The summed E-state index contributed by atoms with van der Waals surface area (Å²) in [4.78, 5) is 43.5. The lowest BCUT2D eigenvalue weighted by molar-refractivity contribution is -0.143. The molecule has 0 aliphatic rings. The van der Waals surface area contributed by atoms with E-state index in [-0.39, 0.29) is 12.3 Å². The highest BCUT2D eigenvalue weighted by atomic mass is 16.4. The molecule has 0 aromatic heterocycles. The maximum absolute atomic E-state index is 11.5. The number of nitrogens with one attached hydrogen (secondary N) is 2. The molecular weight excluding hydrogens is 266 g/mol. The van der Waals surface area contributed by atoms with Gasteiger partial charge < -0.3 is 21.5 Å². The van der Waals surface area contributed by atoms with Crippen molar-refractivity contribution in [3.05, 3.63) is 0 Å². The Morgan fingerprint density at radius 1 is 1.15 bits per heavy atom. The minimum Gasteiger partial charge on any atom is -0.480 e. The Labute approximate surface area is 117 Å². The molecular formula is C12H21N3O5. The number of carboxylic acid groups (broad SMARTS) is 1. The topological polar surface area (TPSA) is 139 Å². The van der Waals surface area contributed by atoms with Crippen molar-refractivity contribution < 1.29 is 24.3 Å². The van der Waals surface area contributed by atoms with Gasteiger partial charge in [-0.1, -0.05) is 6.42 Å². The highest BCUT2D eigenvalue weighted by Crippen LogP contribution is 2.00. The number of rotatable bonds is 10. The van der Waals surface area contributed by atoms with Gasteiger partial charge in [-0.2, -0.15) is 0 Å². The van der Waals surface area contributed by atoms with Gasteiger partial charge in [0, 0.05) is 19.9 Å². The van der Waals surface area contributed by atoms with Crippen LogP contribution in [0.15, 0.2) is 0 Å². The van der Waals surface area contributed by atoms with Gasteiger partial charge in [0.15, 0.2) is 0 Å². The van der Waals surface area contributed by atoms with E-state index >= 15 is 0 Å². The molecule has 0 saturated carbocycles. The van der Waals surface area contributed by atoms with E-state index in [1.807, 2.05) is 0 Å². The summed E-state index contributed by atoms with van der Waals surface area (Å²) in [6, 6.07) is -1.28. The van der Waals surface area contributed by atoms with E-state index in [1.165, 1.54) is 6.92 Å². The summed E-state index contributed by atoms with van der Waals surface area (Å²) < 4.78 is 0. The van der Waals surface area contributed by atoms with Crippen LogP contribution in [-0.2, 0) is 19.2 Å². The Hall–Kier alpha value is -2.12. The maximum atomic E-state index is 11.5. The number of unbranched alkanes of at least 4 members (excludes halogenated alkanes) is 2. The third-order valence-corrected chi connectivity index (χ3v) is 2.49. The molecule has 3 amide bonds. The molecule has 0 unspecified atom stereocenters. The summed E-state index contributed by atoms with van der Waals surface area (Å²) in [5.41, 5.74) is 4.90. The molecule has 114 valence electrons. The maximum Gasteiger partial charge on any atom is 0.326 e. The fraction of sp³-hybridized carbons (Fsp3) is 0.667. The molecule has 8 heteroatoms. The van der Waals surface area contributed by atoms with Crippen LogP contribution in [0.25, 0.3) is 0 Å². The number of primary amides is 1. The summed E-state index contributed by atoms with van der Waals surface area (Å²) in [6.07, 6.45) is 1.80. The second kappa shape index (κ2) is 9.76. The van der Waals surface area contributed by atoms with Crippen LogP contribution in [0.4, 0.5) is 0 Å². The number of amides is 3. The lowest BCUT2D eigenvalue weighted by Crippen LogP contribution is -2.43. The van der Waals surface area contributed by atoms with Gasteiger partial charge in [-0.3, -0.25) is 14.4 Å². The van der Waals surface area contributed by atoms with E-state index < -0.39 is 30.2 Å². The minimum absolute atomic E-state index is 0.0986. The number of carboxylic acids is 1. The van der Waals surface area contributed by atoms with Gasteiger partial charge in [-0.15, -0.1) is 0 Å². The number of carbonyl (C=O) groups is 4. The van der Waals surface area contributed by atoms with Crippen LogP contribution in [0.1, 0.15) is 39.0 Å². The zero-order valence-electron chi connectivity index (χ0n) is 11.5. The minimum atomic E-state index is -1.29. The molecule has 1 atom stereocenters. The quantitative estimate of drug-likeness (QED) is 0.387. The van der Waals surface area contributed by atoms with Gasteiger partial charge in [0.1, 0.15) is 6.04 Å². The third kappa shape index (κ3) is 9.86. The molecule has 0 aliphatic carbocycles. The zero-order valence-corrected chi connectivity index (χ0v) is 11.5. The molecule has 0 aliphatic heterocycles. The number of hydrogen-bond donors (Lipinski definition) is 4. The molecule has 0 saturated heterocycles. The van der Waals surface area contributed by atoms with Gasteiger partial charge in [0.05, 0.1) is 6.42 Å². The van der Waals surface area contributed by atoms with Crippen LogP contribution >= 0.6 is 0 Å². The van der Waals surface area contributed by atoms with Crippen molar-refractivity contribution in [3.8, 4) is 0 Å². The summed E-state index contributed by atoms with van der Waals surface area (Å²) in [6.45, 7) is 1.98. The Bertz CT molecular complexity index is 370. The van der Waals surface area contributed by atoms with Crippen molar-refractivity contribution in [3.63, 3.8) is 0 Å². The van der Waals surface area contributed by atoms with Crippen molar-refractivity contribution in [1.82, 2.24) is 10.6 Å². The predicted octanol–water partition coefficient (Wildman–Crippen LogP) is -0.872. The summed E-state index contributed by atoms with van der Waals surface area (Å²) >= 11 is 0. The smallest absolute Gasteiger partial charge is 0.326 e. The molecule has 0 fully saturated rings. The molecule has 8 nitrogen and oxygen atoms in total. The average Bonchev–Trinajstić information content (AvgIpc) is 2.31. The monoisotopic (exact) mass is 287 g/mol. The molecule has 0 rings (SSSR count). The van der Waals surface area contributed by atoms with Crippen LogP contribution in [0, 0.1) is 0 Å². The standard InChI is InChI=1S/C12H21N3O5/c1-8(16)14-6-4-2-3-5-11(18)15-9(12(19)20)7-10(13)17/h9H,2-7H2,1H3,(H2,13,17)(H,14,16)(H,15,18)(H,19,20)/t9-/m0/s1. The Morgan fingerprint density at radius 2 is 1.80 bits per heavy atom. The Morgan fingerprint density at radius 3 is 2.30 bits per heavy atom. The van der Waals surface area contributed by atoms with E-state index in [9.17, 15) is 19.2 Å². The lowest BCUT2D eigenvalue weighted by atomic mass is 10.1. The fourth-order valence-corrected chi connectivity index (χ4v) is 1.52. The lowest BCUT2D eigenvalue weighted by Gasteiger charge is -2.12. The van der Waals surface area contributed by atoms with E-state index in [0.717, 1.165) is 12.8 Å². The number of nitrogens with two attached hydrogens (primary N) is 1. The van der Waals surface area contributed by atoms with Crippen molar-refractivity contribution >= 4 is 23.7 Å². The predicted molar refractivity (Wildman–Crippen MR) is 70.5 cm³/mol. The SMILES string of the molecule is CC(=O)NCCCCCC(=O)N[C@@H](CC(N)=O)C(=O)O.